The van der Waals surface area contributed by atoms with Crippen LogP contribution >= 0.6 is 0 Å². The van der Waals surface area contributed by atoms with Crippen LogP contribution in [0.25, 0.3) is 11.0 Å². The SMILES string of the molecule is Cn1c(CN2CC(O)(CC#N)C2)nc2ccccc21. The number of aliphatic hydroxyl groups is 1. The molecule has 0 amide bonds. The minimum atomic E-state index is -0.820. The molecule has 0 bridgehead atoms. The van der Waals surface area contributed by atoms with Gasteiger partial charge in [-0.25, -0.2) is 4.98 Å². The van der Waals surface area contributed by atoms with Gasteiger partial charge in [-0.1, -0.05) is 12.1 Å². The van der Waals surface area contributed by atoms with E-state index in [9.17, 15) is 5.11 Å². The second kappa shape index (κ2) is 4.34. The van der Waals surface area contributed by atoms with Crippen LogP contribution in [0, 0.1) is 11.3 Å². The van der Waals surface area contributed by atoms with Gasteiger partial charge in [0.2, 0.25) is 0 Å². The van der Waals surface area contributed by atoms with Gasteiger partial charge < -0.3 is 9.67 Å². The van der Waals surface area contributed by atoms with E-state index in [4.69, 9.17) is 5.26 Å². The Kier molecular flexibility index (Phi) is 2.77. The maximum atomic E-state index is 9.98. The highest BCUT2D eigenvalue weighted by atomic mass is 16.3. The number of likely N-dealkylation sites (tertiary alicyclic amines) is 1. The molecule has 3 rings (SSSR count). The molecule has 5 nitrogen and oxygen atoms in total. The molecule has 0 radical (unpaired) electrons. The Morgan fingerprint density at radius 2 is 2.16 bits per heavy atom. The van der Waals surface area contributed by atoms with E-state index >= 15 is 0 Å². The second-order valence-electron chi connectivity index (χ2n) is 5.28. The maximum absolute atomic E-state index is 9.98. The van der Waals surface area contributed by atoms with Gasteiger partial charge in [0, 0.05) is 20.1 Å². The highest BCUT2D eigenvalue weighted by molar-refractivity contribution is 5.75. The molecule has 1 aliphatic heterocycles. The van der Waals surface area contributed by atoms with Crippen molar-refractivity contribution in [2.24, 2.45) is 7.05 Å². The third-order valence-corrected chi connectivity index (χ3v) is 3.69. The van der Waals surface area contributed by atoms with Gasteiger partial charge >= 0.3 is 0 Å². The molecule has 0 aliphatic carbocycles. The number of nitriles is 1. The van der Waals surface area contributed by atoms with Crippen molar-refractivity contribution in [3.63, 3.8) is 0 Å². The lowest BCUT2D eigenvalue weighted by molar-refractivity contribution is -0.0985. The van der Waals surface area contributed by atoms with Gasteiger partial charge in [-0.05, 0) is 12.1 Å². The third-order valence-electron chi connectivity index (χ3n) is 3.69. The van der Waals surface area contributed by atoms with Crippen LogP contribution in [-0.4, -0.2) is 38.2 Å². The summed E-state index contributed by atoms with van der Waals surface area (Å²) in [5, 5.41) is 18.6. The molecule has 1 aliphatic rings. The van der Waals surface area contributed by atoms with Crippen LogP contribution < -0.4 is 0 Å². The number of fused-ring (bicyclic) bond motifs is 1. The molecule has 2 heterocycles. The fourth-order valence-corrected chi connectivity index (χ4v) is 2.69. The predicted molar refractivity (Wildman–Crippen MR) is 71.2 cm³/mol. The molecular formula is C14H16N4O. The largest absolute Gasteiger partial charge is 0.386 e. The number of imidazole rings is 1. The number of rotatable bonds is 3. The van der Waals surface area contributed by atoms with E-state index in [1.165, 1.54) is 0 Å². The Morgan fingerprint density at radius 1 is 1.42 bits per heavy atom. The number of aromatic nitrogens is 2. The van der Waals surface area contributed by atoms with Crippen molar-refractivity contribution >= 4 is 11.0 Å². The molecule has 1 N–H and O–H groups in total. The summed E-state index contributed by atoms with van der Waals surface area (Å²) >= 11 is 0. The van der Waals surface area contributed by atoms with Gasteiger partial charge in [0.15, 0.2) is 0 Å². The standard InChI is InChI=1S/C14H16N4O/c1-17-12-5-3-2-4-11(12)16-13(17)8-18-9-14(19,10-18)6-7-15/h2-5,19H,6,8-10H2,1H3. The van der Waals surface area contributed by atoms with Crippen LogP contribution in [-0.2, 0) is 13.6 Å². The summed E-state index contributed by atoms with van der Waals surface area (Å²) in [7, 11) is 2.01. The van der Waals surface area contributed by atoms with E-state index in [0.717, 1.165) is 16.9 Å². The molecule has 1 aromatic carbocycles. The Hall–Kier alpha value is -1.90. The normalized spacial score (nSPS) is 18.2. The van der Waals surface area contributed by atoms with E-state index in [2.05, 4.69) is 14.5 Å². The van der Waals surface area contributed by atoms with E-state index in [-0.39, 0.29) is 6.42 Å². The first kappa shape index (κ1) is 12.2. The molecule has 19 heavy (non-hydrogen) atoms. The monoisotopic (exact) mass is 256 g/mol. The lowest BCUT2D eigenvalue weighted by Gasteiger charge is -2.45. The summed E-state index contributed by atoms with van der Waals surface area (Å²) in [5.41, 5.74) is 1.29. The summed E-state index contributed by atoms with van der Waals surface area (Å²) in [6, 6.07) is 10.1. The fourth-order valence-electron chi connectivity index (χ4n) is 2.69. The second-order valence-corrected chi connectivity index (χ2v) is 5.28. The summed E-state index contributed by atoms with van der Waals surface area (Å²) < 4.78 is 2.08. The number of para-hydroxylation sites is 2. The Bertz CT molecular complexity index is 649. The molecule has 2 aromatic rings. The number of β-amino-alcohol motifs (C(OH)–C–C–N with tert-alkyl or cyclic N) is 1. The minimum Gasteiger partial charge on any atom is -0.386 e. The molecule has 0 saturated carbocycles. The van der Waals surface area contributed by atoms with Crippen molar-refractivity contribution in [2.75, 3.05) is 13.1 Å². The quantitative estimate of drug-likeness (QED) is 0.891. The van der Waals surface area contributed by atoms with Crippen molar-refractivity contribution in [2.45, 2.75) is 18.6 Å². The Labute approximate surface area is 111 Å². The number of hydrogen-bond donors (Lipinski definition) is 1. The van der Waals surface area contributed by atoms with E-state index in [1.54, 1.807) is 0 Å². The summed E-state index contributed by atoms with van der Waals surface area (Å²) in [4.78, 5) is 6.71. The molecule has 98 valence electrons. The highest BCUT2D eigenvalue weighted by Gasteiger charge is 2.41. The number of aryl methyl sites for hydroxylation is 1. The lowest BCUT2D eigenvalue weighted by atomic mass is 9.91. The summed E-state index contributed by atoms with van der Waals surface area (Å²) in [6.07, 6.45) is 0.200. The van der Waals surface area contributed by atoms with Gasteiger partial charge in [-0.3, -0.25) is 4.90 Å². The maximum Gasteiger partial charge on any atom is 0.123 e. The first-order valence-electron chi connectivity index (χ1n) is 6.33. The molecule has 0 unspecified atom stereocenters. The van der Waals surface area contributed by atoms with Crippen LogP contribution in [0.4, 0.5) is 0 Å². The van der Waals surface area contributed by atoms with Crippen molar-refractivity contribution in [1.82, 2.24) is 14.5 Å². The molecular weight excluding hydrogens is 240 g/mol. The van der Waals surface area contributed by atoms with Gasteiger partial charge in [-0.2, -0.15) is 5.26 Å². The van der Waals surface area contributed by atoms with Crippen molar-refractivity contribution < 1.29 is 5.11 Å². The fraction of sp³-hybridized carbons (Fsp3) is 0.429. The number of hydrogen-bond acceptors (Lipinski definition) is 4. The molecule has 0 atom stereocenters. The van der Waals surface area contributed by atoms with Crippen LogP contribution in [0.1, 0.15) is 12.2 Å². The minimum absolute atomic E-state index is 0.200. The molecule has 0 spiro atoms. The topological polar surface area (TPSA) is 65.1 Å². The van der Waals surface area contributed by atoms with Crippen LogP contribution in [0.15, 0.2) is 24.3 Å². The van der Waals surface area contributed by atoms with Gasteiger partial charge in [0.05, 0.1) is 30.1 Å². The van der Waals surface area contributed by atoms with Gasteiger partial charge in [0.25, 0.3) is 0 Å². The van der Waals surface area contributed by atoms with E-state index in [0.29, 0.717) is 19.6 Å². The zero-order chi connectivity index (χ0) is 13.5. The van der Waals surface area contributed by atoms with E-state index in [1.807, 2.05) is 37.4 Å². The van der Waals surface area contributed by atoms with Crippen molar-refractivity contribution in [3.8, 4) is 6.07 Å². The zero-order valence-electron chi connectivity index (χ0n) is 10.9. The average Bonchev–Trinajstić information content (AvgIpc) is 2.66. The van der Waals surface area contributed by atoms with Crippen LogP contribution in [0.5, 0.6) is 0 Å². The van der Waals surface area contributed by atoms with Crippen molar-refractivity contribution in [1.29, 1.82) is 5.26 Å². The summed E-state index contributed by atoms with van der Waals surface area (Å²) in [6.45, 7) is 1.80. The first-order chi connectivity index (χ1) is 9.11. The predicted octanol–water partition coefficient (Wildman–Crippen LogP) is 1.03. The Balaban J connectivity index is 1.74. The zero-order valence-corrected chi connectivity index (χ0v) is 10.9. The molecule has 1 aromatic heterocycles. The summed E-state index contributed by atoms with van der Waals surface area (Å²) in [5.74, 6) is 0.986. The van der Waals surface area contributed by atoms with Crippen LogP contribution in [0.3, 0.4) is 0 Å². The Morgan fingerprint density at radius 3 is 2.84 bits per heavy atom. The number of benzene rings is 1. The molecule has 1 saturated heterocycles. The highest BCUT2D eigenvalue weighted by Crippen LogP contribution is 2.26. The lowest BCUT2D eigenvalue weighted by Crippen LogP contribution is -2.61. The van der Waals surface area contributed by atoms with Gasteiger partial charge in [-0.15, -0.1) is 0 Å². The molecule has 1 fully saturated rings. The van der Waals surface area contributed by atoms with Gasteiger partial charge in [0.1, 0.15) is 11.4 Å². The van der Waals surface area contributed by atoms with Crippen molar-refractivity contribution in [3.05, 3.63) is 30.1 Å². The average molecular weight is 256 g/mol. The van der Waals surface area contributed by atoms with Crippen LogP contribution in [0.2, 0.25) is 0 Å². The smallest absolute Gasteiger partial charge is 0.123 e. The van der Waals surface area contributed by atoms with E-state index < -0.39 is 5.60 Å². The third kappa shape index (κ3) is 2.09. The molecule has 5 heteroatoms. The number of nitrogens with zero attached hydrogens (tertiary/aromatic N) is 4. The first-order valence-corrected chi connectivity index (χ1v) is 6.33.